The van der Waals surface area contributed by atoms with E-state index < -0.39 is 16.8 Å². The summed E-state index contributed by atoms with van der Waals surface area (Å²) in [5.41, 5.74) is 0.569. The van der Waals surface area contributed by atoms with Crippen molar-refractivity contribution in [2.45, 2.75) is 6.92 Å². The Hall–Kier alpha value is -3.42. The molecule has 0 unspecified atom stereocenters. The second kappa shape index (κ2) is 8.11. The number of hydrogen-bond acceptors (Lipinski definition) is 6. The highest BCUT2D eigenvalue weighted by Crippen LogP contribution is 2.29. The molecule has 0 saturated carbocycles. The molecule has 0 aromatic heterocycles. The topological polar surface area (TPSA) is 99.0 Å². The molecule has 2 aromatic carbocycles. The van der Waals surface area contributed by atoms with Gasteiger partial charge in [0.2, 0.25) is 0 Å². The Balaban J connectivity index is 2.39. The number of methoxy groups -OCH3 is 1. The van der Waals surface area contributed by atoms with Crippen molar-refractivity contribution in [2.24, 2.45) is 0 Å². The van der Waals surface area contributed by atoms with Crippen LogP contribution in [0.25, 0.3) is 0 Å². The minimum Gasteiger partial charge on any atom is -0.490 e. The van der Waals surface area contributed by atoms with Crippen molar-refractivity contribution in [1.29, 1.82) is 0 Å². The minimum atomic E-state index is -0.590. The van der Waals surface area contributed by atoms with Crippen molar-refractivity contribution >= 4 is 23.3 Å². The largest absolute Gasteiger partial charge is 0.490 e. The van der Waals surface area contributed by atoms with E-state index >= 15 is 0 Å². The van der Waals surface area contributed by atoms with Crippen LogP contribution in [0, 0.1) is 10.1 Å². The number of hydrogen-bond donors (Lipinski definition) is 0. The summed E-state index contributed by atoms with van der Waals surface area (Å²) in [5.74, 6) is -1.01. The smallest absolute Gasteiger partial charge is 0.340 e. The lowest BCUT2D eigenvalue weighted by Gasteiger charge is -2.20. The molecule has 0 aliphatic heterocycles. The third-order valence-electron chi connectivity index (χ3n) is 3.69. The van der Waals surface area contributed by atoms with E-state index in [1.807, 2.05) is 0 Å². The van der Waals surface area contributed by atoms with Gasteiger partial charge >= 0.3 is 11.7 Å². The number of amides is 1. The number of anilines is 1. The number of rotatable bonds is 6. The molecule has 0 aliphatic carbocycles. The Morgan fingerprint density at radius 2 is 1.88 bits per heavy atom. The zero-order valence-corrected chi connectivity index (χ0v) is 14.6. The molecule has 8 nitrogen and oxygen atoms in total. The lowest BCUT2D eigenvalue weighted by atomic mass is 10.1. The first-order valence-electron chi connectivity index (χ1n) is 7.77. The summed E-state index contributed by atoms with van der Waals surface area (Å²) in [6.45, 7) is 1.91. The zero-order chi connectivity index (χ0) is 19.3. The van der Waals surface area contributed by atoms with Gasteiger partial charge in [0.1, 0.15) is 0 Å². The van der Waals surface area contributed by atoms with E-state index in [0.29, 0.717) is 5.69 Å². The monoisotopic (exact) mass is 358 g/mol. The van der Waals surface area contributed by atoms with E-state index in [4.69, 9.17) is 9.47 Å². The molecule has 0 saturated heterocycles. The van der Waals surface area contributed by atoms with Crippen LogP contribution in [-0.2, 0) is 4.74 Å². The van der Waals surface area contributed by atoms with E-state index in [2.05, 4.69) is 0 Å². The maximum Gasteiger partial charge on any atom is 0.340 e. The van der Waals surface area contributed by atoms with Crippen molar-refractivity contribution in [1.82, 2.24) is 0 Å². The summed E-state index contributed by atoms with van der Waals surface area (Å²) in [5, 5.41) is 11.0. The Morgan fingerprint density at radius 3 is 2.50 bits per heavy atom. The number of nitro groups is 1. The van der Waals surface area contributed by atoms with Crippen molar-refractivity contribution in [3.8, 4) is 5.75 Å². The molecule has 1 amide bonds. The molecule has 0 heterocycles. The van der Waals surface area contributed by atoms with Gasteiger partial charge in [0.25, 0.3) is 5.91 Å². The molecule has 0 fully saturated rings. The molecule has 0 N–H and O–H groups in total. The number of benzene rings is 2. The average Bonchev–Trinajstić information content (AvgIpc) is 2.66. The number of para-hydroxylation sites is 1. The molecule has 0 radical (unpaired) electrons. The van der Waals surface area contributed by atoms with Gasteiger partial charge in [-0.3, -0.25) is 14.9 Å². The SMILES string of the molecule is CCOC(=O)c1ccccc1N(C)C(=O)c1ccc([N+](=O)[O-])c(OC)c1. The van der Waals surface area contributed by atoms with Crippen LogP contribution >= 0.6 is 0 Å². The Bertz CT molecular complexity index is 849. The number of nitrogens with zero attached hydrogens (tertiary/aromatic N) is 2. The van der Waals surface area contributed by atoms with Gasteiger partial charge in [0.15, 0.2) is 5.75 Å². The van der Waals surface area contributed by atoms with Crippen molar-refractivity contribution in [3.05, 3.63) is 63.7 Å². The lowest BCUT2D eigenvalue weighted by molar-refractivity contribution is -0.385. The first-order chi connectivity index (χ1) is 12.4. The highest BCUT2D eigenvalue weighted by Gasteiger charge is 2.23. The van der Waals surface area contributed by atoms with Gasteiger partial charge in [0.05, 0.1) is 29.9 Å². The van der Waals surface area contributed by atoms with Crippen LogP contribution in [0.1, 0.15) is 27.6 Å². The predicted octanol–water partition coefficient (Wildman–Crippen LogP) is 3.06. The third-order valence-corrected chi connectivity index (χ3v) is 3.69. The third kappa shape index (κ3) is 3.80. The standard InChI is InChI=1S/C18H18N2O6/c1-4-26-18(22)13-7-5-6-8-14(13)19(2)17(21)12-9-10-15(20(23)24)16(11-12)25-3/h5-11H,4H2,1-3H3. The molecule has 0 aliphatic rings. The van der Waals surface area contributed by atoms with Crippen LogP contribution in [0.5, 0.6) is 5.75 Å². The minimum absolute atomic E-state index is 0.0204. The van der Waals surface area contributed by atoms with Crippen LogP contribution in [0.2, 0.25) is 0 Å². The van der Waals surface area contributed by atoms with Crippen LogP contribution in [0.15, 0.2) is 42.5 Å². The maximum atomic E-state index is 12.8. The fourth-order valence-electron chi connectivity index (χ4n) is 2.41. The van der Waals surface area contributed by atoms with Gasteiger partial charge in [-0.25, -0.2) is 4.79 Å². The van der Waals surface area contributed by atoms with Crippen LogP contribution in [-0.4, -0.2) is 37.6 Å². The van der Waals surface area contributed by atoms with E-state index in [1.54, 1.807) is 31.2 Å². The molecular weight excluding hydrogens is 340 g/mol. The van der Waals surface area contributed by atoms with Gasteiger partial charge in [-0.15, -0.1) is 0 Å². The number of esters is 1. The molecule has 0 bridgehead atoms. The number of carbonyl (C=O) groups excluding carboxylic acids is 2. The number of carbonyl (C=O) groups is 2. The van der Waals surface area contributed by atoms with Crippen molar-refractivity contribution in [3.63, 3.8) is 0 Å². The number of nitro benzene ring substituents is 1. The fourth-order valence-corrected chi connectivity index (χ4v) is 2.41. The second-order valence-corrected chi connectivity index (χ2v) is 5.25. The fraction of sp³-hybridized carbons (Fsp3) is 0.222. The Morgan fingerprint density at radius 1 is 1.19 bits per heavy atom. The summed E-state index contributed by atoms with van der Waals surface area (Å²) in [6.07, 6.45) is 0. The van der Waals surface area contributed by atoms with E-state index in [-0.39, 0.29) is 29.2 Å². The van der Waals surface area contributed by atoms with Crippen LogP contribution in [0.4, 0.5) is 11.4 Å². The predicted molar refractivity (Wildman–Crippen MR) is 94.8 cm³/mol. The zero-order valence-electron chi connectivity index (χ0n) is 14.6. The van der Waals surface area contributed by atoms with E-state index in [1.165, 1.54) is 37.3 Å². The van der Waals surface area contributed by atoms with Crippen LogP contribution < -0.4 is 9.64 Å². The van der Waals surface area contributed by atoms with Crippen molar-refractivity contribution in [2.75, 3.05) is 25.7 Å². The van der Waals surface area contributed by atoms with E-state index in [0.717, 1.165) is 0 Å². The highest BCUT2D eigenvalue weighted by atomic mass is 16.6. The molecule has 0 spiro atoms. The van der Waals surface area contributed by atoms with Crippen LogP contribution in [0.3, 0.4) is 0 Å². The maximum absolute atomic E-state index is 12.8. The molecule has 0 atom stereocenters. The second-order valence-electron chi connectivity index (χ2n) is 5.25. The summed E-state index contributed by atoms with van der Waals surface area (Å²) < 4.78 is 10.0. The Labute approximate surface area is 150 Å². The number of ether oxygens (including phenoxy) is 2. The van der Waals surface area contributed by atoms with Gasteiger partial charge in [-0.1, -0.05) is 12.1 Å². The molecule has 2 rings (SSSR count). The van der Waals surface area contributed by atoms with Gasteiger partial charge in [-0.05, 0) is 25.1 Å². The molecule has 8 heteroatoms. The quantitative estimate of drug-likeness (QED) is 0.447. The molecular formula is C18H18N2O6. The van der Waals surface area contributed by atoms with Crippen molar-refractivity contribution < 1.29 is 24.0 Å². The Kier molecular flexibility index (Phi) is 5.90. The van der Waals surface area contributed by atoms with Gasteiger partial charge in [0, 0.05) is 24.7 Å². The summed E-state index contributed by atoms with van der Waals surface area (Å²) in [7, 11) is 2.80. The summed E-state index contributed by atoms with van der Waals surface area (Å²) in [4.78, 5) is 36.5. The summed E-state index contributed by atoms with van der Waals surface area (Å²) >= 11 is 0. The molecule has 2 aromatic rings. The first-order valence-corrected chi connectivity index (χ1v) is 7.77. The summed E-state index contributed by atoms with van der Waals surface area (Å²) in [6, 6.07) is 10.4. The normalized spacial score (nSPS) is 10.1. The van der Waals surface area contributed by atoms with Gasteiger partial charge < -0.3 is 14.4 Å². The molecule has 136 valence electrons. The average molecular weight is 358 g/mol. The molecule has 26 heavy (non-hydrogen) atoms. The van der Waals surface area contributed by atoms with E-state index in [9.17, 15) is 19.7 Å². The first kappa shape index (κ1) is 18.9. The highest BCUT2D eigenvalue weighted by molar-refractivity contribution is 6.09. The lowest BCUT2D eigenvalue weighted by Crippen LogP contribution is -2.28. The van der Waals surface area contributed by atoms with Gasteiger partial charge in [-0.2, -0.15) is 0 Å².